The Labute approximate surface area is 151 Å². The van der Waals surface area contributed by atoms with E-state index in [2.05, 4.69) is 43.4 Å². The van der Waals surface area contributed by atoms with Crippen LogP contribution in [-0.4, -0.2) is 6.54 Å². The summed E-state index contributed by atoms with van der Waals surface area (Å²) in [6.45, 7) is 5.58. The lowest BCUT2D eigenvalue weighted by Gasteiger charge is -2.09. The average Bonchev–Trinajstić information content (AvgIpc) is 2.60. The fourth-order valence-corrected chi connectivity index (χ4v) is 3.31. The van der Waals surface area contributed by atoms with E-state index < -0.39 is 0 Å². The summed E-state index contributed by atoms with van der Waals surface area (Å²) in [7, 11) is 0. The summed E-state index contributed by atoms with van der Waals surface area (Å²) in [6.07, 6.45) is 20.0. The van der Waals surface area contributed by atoms with Crippen LogP contribution in [-0.2, 0) is 0 Å². The highest BCUT2D eigenvalue weighted by molar-refractivity contribution is 5.49. The summed E-state index contributed by atoms with van der Waals surface area (Å²) < 4.78 is 0. The lowest BCUT2D eigenvalue weighted by molar-refractivity contribution is 0.537. The Morgan fingerprint density at radius 2 is 1.08 bits per heavy atom. The van der Waals surface area contributed by atoms with Gasteiger partial charge in [-0.2, -0.15) is 0 Å². The van der Waals surface area contributed by atoms with Crippen LogP contribution in [0.3, 0.4) is 0 Å². The van der Waals surface area contributed by atoms with Gasteiger partial charge in [0.1, 0.15) is 0 Å². The van der Waals surface area contributed by atoms with Gasteiger partial charge in [-0.25, -0.2) is 0 Å². The molecule has 1 heteroatoms. The Morgan fingerprint density at radius 3 is 1.58 bits per heavy atom. The molecule has 0 aliphatic heterocycles. The minimum Gasteiger partial charge on any atom is -0.385 e. The van der Waals surface area contributed by atoms with E-state index in [-0.39, 0.29) is 0 Å². The van der Waals surface area contributed by atoms with Gasteiger partial charge in [0.2, 0.25) is 0 Å². The molecule has 1 N–H and O–H groups in total. The lowest BCUT2D eigenvalue weighted by Crippen LogP contribution is -2.02. The molecule has 24 heavy (non-hydrogen) atoms. The van der Waals surface area contributed by atoms with Crippen LogP contribution in [0.2, 0.25) is 0 Å². The molecule has 0 aliphatic rings. The van der Waals surface area contributed by atoms with Crippen molar-refractivity contribution < 1.29 is 0 Å². The third-order valence-corrected chi connectivity index (χ3v) is 4.99. The molecule has 138 valence electrons. The van der Waals surface area contributed by atoms with Gasteiger partial charge in [0.25, 0.3) is 0 Å². The summed E-state index contributed by atoms with van der Waals surface area (Å²) in [6, 6.07) is 8.57. The van der Waals surface area contributed by atoms with E-state index in [0.717, 1.165) is 6.54 Å². The number of anilines is 1. The zero-order valence-corrected chi connectivity index (χ0v) is 16.4. The van der Waals surface area contributed by atoms with Gasteiger partial charge in [0.05, 0.1) is 0 Å². The predicted octanol–water partition coefficient (Wildman–Crippen LogP) is 7.89. The number of aryl methyl sites for hydroxylation is 1. The van der Waals surface area contributed by atoms with Crippen LogP contribution in [0, 0.1) is 6.92 Å². The first kappa shape index (κ1) is 21.1. The van der Waals surface area contributed by atoms with Crippen molar-refractivity contribution >= 4 is 5.69 Å². The molecule has 0 saturated heterocycles. The number of nitrogens with one attached hydrogen (secondary N) is 1. The first-order valence-corrected chi connectivity index (χ1v) is 10.6. The Morgan fingerprint density at radius 1 is 0.625 bits per heavy atom. The summed E-state index contributed by atoms with van der Waals surface area (Å²) in [4.78, 5) is 0. The monoisotopic (exact) mass is 331 g/mol. The molecule has 0 heterocycles. The topological polar surface area (TPSA) is 12.0 Å². The Bertz CT molecular complexity index is 385. The van der Waals surface area contributed by atoms with Gasteiger partial charge in [-0.05, 0) is 25.0 Å². The molecular weight excluding hydrogens is 290 g/mol. The van der Waals surface area contributed by atoms with Crippen molar-refractivity contribution in [3.05, 3.63) is 29.8 Å². The van der Waals surface area contributed by atoms with Gasteiger partial charge in [-0.1, -0.05) is 109 Å². The summed E-state index contributed by atoms with van der Waals surface area (Å²) in [5.74, 6) is 0. The quantitative estimate of drug-likeness (QED) is 0.304. The number of unbranched alkanes of at least 4 members (excludes halogenated alkanes) is 13. The van der Waals surface area contributed by atoms with Crippen LogP contribution in [0.5, 0.6) is 0 Å². The van der Waals surface area contributed by atoms with Gasteiger partial charge in [0, 0.05) is 12.2 Å². The zero-order chi connectivity index (χ0) is 17.3. The summed E-state index contributed by atoms with van der Waals surface area (Å²) in [5, 5.41) is 3.56. The van der Waals surface area contributed by atoms with Crippen molar-refractivity contribution in [2.45, 2.75) is 104 Å². The highest BCUT2D eigenvalue weighted by Crippen LogP contribution is 2.15. The van der Waals surface area contributed by atoms with Gasteiger partial charge >= 0.3 is 0 Å². The first-order chi connectivity index (χ1) is 11.8. The third kappa shape index (κ3) is 11.5. The zero-order valence-electron chi connectivity index (χ0n) is 16.4. The largest absolute Gasteiger partial charge is 0.385 e. The van der Waals surface area contributed by atoms with Crippen LogP contribution in [0.4, 0.5) is 5.69 Å². The fraction of sp³-hybridized carbons (Fsp3) is 0.739. The van der Waals surface area contributed by atoms with Crippen molar-refractivity contribution in [2.75, 3.05) is 11.9 Å². The second-order valence-electron chi connectivity index (χ2n) is 7.34. The van der Waals surface area contributed by atoms with Crippen LogP contribution in [0.25, 0.3) is 0 Å². The van der Waals surface area contributed by atoms with Crippen molar-refractivity contribution in [3.8, 4) is 0 Å². The van der Waals surface area contributed by atoms with E-state index in [4.69, 9.17) is 0 Å². The second kappa shape index (κ2) is 15.5. The number of benzene rings is 1. The van der Waals surface area contributed by atoms with Crippen molar-refractivity contribution in [2.24, 2.45) is 0 Å². The third-order valence-electron chi connectivity index (χ3n) is 4.99. The number of hydrogen-bond donors (Lipinski definition) is 1. The normalized spacial score (nSPS) is 10.9. The maximum Gasteiger partial charge on any atom is 0.0369 e. The van der Waals surface area contributed by atoms with Crippen LogP contribution < -0.4 is 5.32 Å². The molecular formula is C23H41N. The molecule has 0 spiro atoms. The molecule has 0 fully saturated rings. The molecule has 1 rings (SSSR count). The molecule has 1 aromatic carbocycles. The number of para-hydroxylation sites is 1. The molecule has 1 nitrogen and oxygen atoms in total. The summed E-state index contributed by atoms with van der Waals surface area (Å²) in [5.41, 5.74) is 2.65. The molecule has 0 aromatic heterocycles. The van der Waals surface area contributed by atoms with E-state index in [1.165, 1.54) is 101 Å². The molecule has 0 aliphatic carbocycles. The van der Waals surface area contributed by atoms with Gasteiger partial charge in [-0.3, -0.25) is 0 Å². The molecule has 0 radical (unpaired) electrons. The summed E-state index contributed by atoms with van der Waals surface area (Å²) >= 11 is 0. The standard InChI is InChI=1S/C23H41N/c1-3-4-5-6-7-8-9-10-11-12-13-14-15-18-21-24-23-20-17-16-19-22(23)2/h16-17,19-20,24H,3-15,18,21H2,1-2H3. The van der Waals surface area contributed by atoms with Crippen molar-refractivity contribution in [1.29, 1.82) is 0 Å². The predicted molar refractivity (Wildman–Crippen MR) is 110 cm³/mol. The van der Waals surface area contributed by atoms with Gasteiger partial charge < -0.3 is 5.32 Å². The van der Waals surface area contributed by atoms with E-state index >= 15 is 0 Å². The van der Waals surface area contributed by atoms with Crippen molar-refractivity contribution in [1.82, 2.24) is 0 Å². The van der Waals surface area contributed by atoms with Gasteiger partial charge in [0.15, 0.2) is 0 Å². The second-order valence-corrected chi connectivity index (χ2v) is 7.34. The maximum atomic E-state index is 3.56. The Kier molecular flexibility index (Phi) is 13.6. The molecule has 0 amide bonds. The fourth-order valence-electron chi connectivity index (χ4n) is 3.31. The molecule has 0 atom stereocenters. The van der Waals surface area contributed by atoms with Crippen LogP contribution in [0.15, 0.2) is 24.3 Å². The van der Waals surface area contributed by atoms with Crippen LogP contribution in [0.1, 0.15) is 102 Å². The average molecular weight is 332 g/mol. The minimum atomic E-state index is 1.11. The number of rotatable bonds is 16. The van der Waals surface area contributed by atoms with Crippen LogP contribution >= 0.6 is 0 Å². The van der Waals surface area contributed by atoms with E-state index in [1.54, 1.807) is 0 Å². The molecule has 0 unspecified atom stereocenters. The van der Waals surface area contributed by atoms with Gasteiger partial charge in [-0.15, -0.1) is 0 Å². The highest BCUT2D eigenvalue weighted by Gasteiger charge is 1.96. The molecule has 0 saturated carbocycles. The SMILES string of the molecule is CCCCCCCCCCCCCCCCNc1ccccc1C. The smallest absolute Gasteiger partial charge is 0.0369 e. The van der Waals surface area contributed by atoms with E-state index in [1.807, 2.05) is 0 Å². The molecule has 0 bridgehead atoms. The highest BCUT2D eigenvalue weighted by atomic mass is 14.9. The Balaban J connectivity index is 1.77. The minimum absolute atomic E-state index is 1.11. The molecule has 1 aromatic rings. The number of hydrogen-bond acceptors (Lipinski definition) is 1. The Hall–Kier alpha value is -0.980. The van der Waals surface area contributed by atoms with E-state index in [9.17, 15) is 0 Å². The lowest BCUT2D eigenvalue weighted by atomic mass is 10.0. The first-order valence-electron chi connectivity index (χ1n) is 10.6. The van der Waals surface area contributed by atoms with E-state index in [0.29, 0.717) is 0 Å². The van der Waals surface area contributed by atoms with Crippen molar-refractivity contribution in [3.63, 3.8) is 0 Å². The maximum absolute atomic E-state index is 3.56.